The third kappa shape index (κ3) is 4.03. The fourth-order valence-corrected chi connectivity index (χ4v) is 4.46. The number of hydrogen-bond acceptors (Lipinski definition) is 5. The Labute approximate surface area is 197 Å². The quantitative estimate of drug-likeness (QED) is 0.364. The molecule has 33 heavy (non-hydrogen) atoms. The van der Waals surface area contributed by atoms with Crippen LogP contribution in [-0.2, 0) is 0 Å². The highest BCUT2D eigenvalue weighted by atomic mass is 32.1. The number of hydrogen-bond donors (Lipinski definition) is 2. The number of pyridine rings is 1. The summed E-state index contributed by atoms with van der Waals surface area (Å²) in [6.45, 7) is 2.58. The molecular formula is C26H23N3O3S. The first-order valence-corrected chi connectivity index (χ1v) is 11.2. The number of nitrogens with one attached hydrogen (secondary N) is 1. The van der Waals surface area contributed by atoms with Gasteiger partial charge in [0.05, 0.1) is 24.0 Å². The van der Waals surface area contributed by atoms with Crippen LogP contribution in [0.25, 0.3) is 11.3 Å². The molecule has 2 aromatic carbocycles. The van der Waals surface area contributed by atoms with Crippen molar-refractivity contribution in [2.75, 3.05) is 11.5 Å². The molecule has 2 N–H and O–H groups in total. The van der Waals surface area contributed by atoms with Gasteiger partial charge in [-0.15, -0.1) is 0 Å². The first-order chi connectivity index (χ1) is 16.2. The van der Waals surface area contributed by atoms with Gasteiger partial charge in [0.15, 0.2) is 5.11 Å². The van der Waals surface area contributed by atoms with Gasteiger partial charge in [-0.2, -0.15) is 0 Å². The topological polar surface area (TPSA) is 70.8 Å². The molecule has 0 spiro atoms. The van der Waals surface area contributed by atoms with Gasteiger partial charge >= 0.3 is 0 Å². The molecule has 0 amide bonds. The van der Waals surface area contributed by atoms with Crippen molar-refractivity contribution < 1.29 is 14.3 Å². The Bertz CT molecular complexity index is 1260. The maximum Gasteiger partial charge on any atom is 0.174 e. The predicted molar refractivity (Wildman–Crippen MR) is 131 cm³/mol. The molecule has 0 bridgehead atoms. The third-order valence-corrected chi connectivity index (χ3v) is 5.92. The van der Waals surface area contributed by atoms with Crippen molar-refractivity contribution in [1.82, 2.24) is 10.3 Å². The minimum atomic E-state index is -0.336. The van der Waals surface area contributed by atoms with Crippen molar-refractivity contribution in [3.63, 3.8) is 0 Å². The zero-order chi connectivity index (χ0) is 22.8. The molecule has 4 aromatic rings. The minimum absolute atomic E-state index is 0.145. The predicted octanol–water partition coefficient (Wildman–Crippen LogP) is 5.62. The zero-order valence-electron chi connectivity index (χ0n) is 18.0. The van der Waals surface area contributed by atoms with Crippen LogP contribution in [-0.4, -0.2) is 21.8 Å². The van der Waals surface area contributed by atoms with Crippen molar-refractivity contribution in [2.45, 2.75) is 19.0 Å². The Hall–Kier alpha value is -3.84. The minimum Gasteiger partial charge on any atom is -0.506 e. The number of thiocarbonyl (C=S) groups is 1. The lowest BCUT2D eigenvalue weighted by Gasteiger charge is -2.26. The maximum absolute atomic E-state index is 10.6. The van der Waals surface area contributed by atoms with E-state index >= 15 is 0 Å². The van der Waals surface area contributed by atoms with E-state index in [1.165, 1.54) is 0 Å². The highest BCUT2D eigenvalue weighted by molar-refractivity contribution is 7.80. The Balaban J connectivity index is 1.56. The smallest absolute Gasteiger partial charge is 0.174 e. The van der Waals surface area contributed by atoms with Crippen LogP contribution in [0.3, 0.4) is 0 Å². The first kappa shape index (κ1) is 21.0. The average molecular weight is 458 g/mol. The van der Waals surface area contributed by atoms with E-state index in [2.05, 4.69) is 10.3 Å². The Kier molecular flexibility index (Phi) is 5.71. The van der Waals surface area contributed by atoms with Gasteiger partial charge in [0, 0.05) is 11.8 Å². The van der Waals surface area contributed by atoms with Crippen molar-refractivity contribution in [1.29, 1.82) is 0 Å². The SMILES string of the molecule is CCOc1ccc(-c2ccc(C3C(c4ccccn4)NC(=S)N3c3ccccc3O)o2)cc1. The van der Waals surface area contributed by atoms with Gasteiger partial charge in [-0.1, -0.05) is 18.2 Å². The van der Waals surface area contributed by atoms with Crippen molar-refractivity contribution in [2.24, 2.45) is 0 Å². The number of benzene rings is 2. The Morgan fingerprint density at radius 2 is 1.82 bits per heavy atom. The molecule has 166 valence electrons. The van der Waals surface area contributed by atoms with Crippen LogP contribution in [0, 0.1) is 0 Å². The number of nitrogens with zero attached hydrogens (tertiary/aromatic N) is 2. The summed E-state index contributed by atoms with van der Waals surface area (Å²) in [7, 11) is 0. The van der Waals surface area contributed by atoms with Crippen LogP contribution in [0.1, 0.15) is 30.5 Å². The van der Waals surface area contributed by atoms with Gasteiger partial charge in [0.2, 0.25) is 0 Å². The van der Waals surface area contributed by atoms with E-state index in [1.807, 2.05) is 78.6 Å². The number of phenolic OH excluding ortho intramolecular Hbond substituents is 1. The van der Waals surface area contributed by atoms with Crippen LogP contribution in [0.2, 0.25) is 0 Å². The van der Waals surface area contributed by atoms with Gasteiger partial charge < -0.3 is 24.5 Å². The average Bonchev–Trinajstić information content (AvgIpc) is 3.45. The molecule has 1 aliphatic heterocycles. The van der Waals surface area contributed by atoms with E-state index in [4.69, 9.17) is 21.4 Å². The highest BCUT2D eigenvalue weighted by Crippen LogP contribution is 2.45. The lowest BCUT2D eigenvalue weighted by Crippen LogP contribution is -2.29. The van der Waals surface area contributed by atoms with Crippen molar-refractivity contribution in [3.05, 3.63) is 96.5 Å². The van der Waals surface area contributed by atoms with E-state index in [0.717, 1.165) is 22.8 Å². The second-order valence-corrected chi connectivity index (χ2v) is 8.03. The van der Waals surface area contributed by atoms with E-state index in [-0.39, 0.29) is 17.8 Å². The van der Waals surface area contributed by atoms with Crippen LogP contribution in [0.15, 0.2) is 89.5 Å². The number of aromatic nitrogens is 1. The monoisotopic (exact) mass is 457 g/mol. The van der Waals surface area contributed by atoms with Gasteiger partial charge in [-0.05, 0) is 79.8 Å². The number of rotatable bonds is 6. The number of furan rings is 1. The fraction of sp³-hybridized carbons (Fsp3) is 0.154. The summed E-state index contributed by atoms with van der Waals surface area (Å²) < 4.78 is 11.9. The molecular weight excluding hydrogens is 434 g/mol. The summed E-state index contributed by atoms with van der Waals surface area (Å²) in [5, 5.41) is 14.4. The van der Waals surface area contributed by atoms with Crippen molar-refractivity contribution >= 4 is 23.0 Å². The molecule has 6 nitrogen and oxygen atoms in total. The lowest BCUT2D eigenvalue weighted by molar-refractivity contribution is 0.340. The summed E-state index contributed by atoms with van der Waals surface area (Å²) in [5.74, 6) is 2.42. The Morgan fingerprint density at radius 3 is 2.55 bits per heavy atom. The molecule has 2 unspecified atom stereocenters. The second-order valence-electron chi connectivity index (χ2n) is 7.64. The molecule has 3 heterocycles. The van der Waals surface area contributed by atoms with Crippen LogP contribution in [0.4, 0.5) is 5.69 Å². The molecule has 1 aliphatic rings. The fourth-order valence-electron chi connectivity index (χ4n) is 4.12. The molecule has 2 aromatic heterocycles. The normalized spacial score (nSPS) is 17.7. The van der Waals surface area contributed by atoms with E-state index in [9.17, 15) is 5.11 Å². The first-order valence-electron chi connectivity index (χ1n) is 10.8. The van der Waals surface area contributed by atoms with Crippen molar-refractivity contribution in [3.8, 4) is 22.8 Å². The summed E-state index contributed by atoms with van der Waals surface area (Å²) in [5.41, 5.74) is 2.39. The molecule has 0 aliphatic carbocycles. The largest absolute Gasteiger partial charge is 0.506 e. The zero-order valence-corrected chi connectivity index (χ0v) is 18.8. The van der Waals surface area contributed by atoms with Gasteiger partial charge in [-0.25, -0.2) is 0 Å². The molecule has 5 rings (SSSR count). The number of para-hydroxylation sites is 2. The highest BCUT2D eigenvalue weighted by Gasteiger charge is 2.43. The summed E-state index contributed by atoms with van der Waals surface area (Å²) in [6.07, 6.45) is 1.76. The molecule has 1 fully saturated rings. The van der Waals surface area contributed by atoms with Gasteiger partial charge in [-0.3, -0.25) is 4.98 Å². The number of anilines is 1. The molecule has 1 saturated heterocycles. The standard InChI is InChI=1S/C26H23N3O3S/c1-2-31-18-12-10-17(11-13-18)22-14-15-23(32-22)25-24(19-7-5-6-16-27-19)28-26(33)29(25)20-8-3-4-9-21(20)30/h3-16,24-25,30H,2H2,1H3,(H,28,33). The van der Waals surface area contributed by atoms with Crippen LogP contribution >= 0.6 is 12.2 Å². The molecule has 2 atom stereocenters. The van der Waals surface area contributed by atoms with Crippen LogP contribution in [0.5, 0.6) is 11.5 Å². The molecule has 7 heteroatoms. The number of aromatic hydroxyl groups is 1. The third-order valence-electron chi connectivity index (χ3n) is 5.61. The van der Waals surface area contributed by atoms with E-state index in [1.54, 1.807) is 18.3 Å². The molecule has 0 saturated carbocycles. The van der Waals surface area contributed by atoms with Gasteiger partial charge in [0.1, 0.15) is 29.1 Å². The molecule has 0 radical (unpaired) electrons. The van der Waals surface area contributed by atoms with Gasteiger partial charge in [0.25, 0.3) is 0 Å². The Morgan fingerprint density at radius 1 is 1.03 bits per heavy atom. The summed E-state index contributed by atoms with van der Waals surface area (Å²) in [6, 6.07) is 24.0. The van der Waals surface area contributed by atoms with E-state index in [0.29, 0.717) is 23.2 Å². The lowest BCUT2D eigenvalue weighted by atomic mass is 10.0. The maximum atomic E-state index is 10.6. The van der Waals surface area contributed by atoms with Crippen LogP contribution < -0.4 is 15.0 Å². The second kappa shape index (κ2) is 8.96. The number of ether oxygens (including phenoxy) is 1. The summed E-state index contributed by atoms with van der Waals surface area (Å²) >= 11 is 5.70. The van der Waals surface area contributed by atoms with E-state index < -0.39 is 0 Å². The number of phenols is 1. The summed E-state index contributed by atoms with van der Waals surface area (Å²) in [4.78, 5) is 6.44.